The molecule has 4 rings (SSSR count). The summed E-state index contributed by atoms with van der Waals surface area (Å²) < 4.78 is 2.96. The van der Waals surface area contributed by atoms with Crippen LogP contribution in [-0.2, 0) is 5.41 Å². The van der Waals surface area contributed by atoms with Crippen molar-refractivity contribution >= 4 is 23.3 Å². The van der Waals surface area contributed by atoms with E-state index in [9.17, 15) is 4.79 Å². The van der Waals surface area contributed by atoms with Gasteiger partial charge in [0.1, 0.15) is 17.5 Å². The monoisotopic (exact) mass is 459 g/mol. The van der Waals surface area contributed by atoms with Gasteiger partial charge < -0.3 is 22.3 Å². The van der Waals surface area contributed by atoms with Crippen molar-refractivity contribution in [3.05, 3.63) is 71.7 Å². The lowest BCUT2D eigenvalue weighted by Gasteiger charge is -2.15. The highest BCUT2D eigenvalue weighted by molar-refractivity contribution is 5.87. The van der Waals surface area contributed by atoms with Crippen LogP contribution in [0.25, 0.3) is 11.5 Å². The van der Waals surface area contributed by atoms with Crippen molar-refractivity contribution in [3.8, 4) is 17.6 Å². The van der Waals surface area contributed by atoms with E-state index in [1.54, 1.807) is 30.5 Å². The summed E-state index contributed by atoms with van der Waals surface area (Å²) in [6, 6.07) is 13.7. The summed E-state index contributed by atoms with van der Waals surface area (Å²) in [4.78, 5) is 14.9. The Kier molecular flexibility index (Phi) is 6.54. The van der Waals surface area contributed by atoms with Crippen LogP contribution >= 0.6 is 0 Å². The van der Waals surface area contributed by atoms with Crippen LogP contribution in [0.15, 0.2) is 54.9 Å². The zero-order valence-corrected chi connectivity index (χ0v) is 19.0. The molecular weight excluding hydrogens is 434 g/mol. The first-order chi connectivity index (χ1) is 16.0. The van der Waals surface area contributed by atoms with Crippen LogP contribution in [0, 0.1) is 11.3 Å². The molecule has 11 heteroatoms. The largest absolute Gasteiger partial charge is 0.478 e. The standard InChI is InChI=1S/C14H18N4O2.C9H7N5/c1-14(2,3)11-10(15)12(16)18(17-11)9-6-4-8(5-7-9)13(19)20;10-5-7-6-13-14(9(7)11)8-3-1-2-4-12-8/h4-7H,15-16H2,1-3H3,(H,19,20);1-4,6H,11H2. The number of rotatable bonds is 3. The fraction of sp³-hybridized carbons (Fsp3) is 0.174. The Morgan fingerprint density at radius 2 is 1.71 bits per heavy atom. The molecule has 0 atom stereocenters. The summed E-state index contributed by atoms with van der Waals surface area (Å²) in [7, 11) is 0. The van der Waals surface area contributed by atoms with E-state index < -0.39 is 5.97 Å². The maximum Gasteiger partial charge on any atom is 0.335 e. The number of hydrogen-bond donors (Lipinski definition) is 4. The third-order valence-corrected chi connectivity index (χ3v) is 4.82. The molecule has 0 fully saturated rings. The molecular formula is C23H25N9O2. The fourth-order valence-corrected chi connectivity index (χ4v) is 3.04. The van der Waals surface area contributed by atoms with Crippen molar-refractivity contribution in [2.24, 2.45) is 0 Å². The number of carboxylic acids is 1. The number of anilines is 3. The molecule has 0 aliphatic rings. The van der Waals surface area contributed by atoms with Crippen LogP contribution in [-0.4, -0.2) is 35.6 Å². The Labute approximate surface area is 196 Å². The van der Waals surface area contributed by atoms with E-state index in [2.05, 4.69) is 15.2 Å². The number of hydrogen-bond acceptors (Lipinski definition) is 8. The first kappa shape index (κ1) is 23.8. The number of nitrogens with zero attached hydrogens (tertiary/aromatic N) is 6. The third kappa shape index (κ3) is 4.81. The summed E-state index contributed by atoms with van der Waals surface area (Å²) in [5.74, 6) is 0.301. The number of nitrogen functional groups attached to an aromatic ring is 3. The number of aromatic carboxylic acids is 1. The van der Waals surface area contributed by atoms with E-state index in [-0.39, 0.29) is 11.0 Å². The molecule has 0 saturated heterocycles. The zero-order chi connectivity index (χ0) is 25.0. The highest BCUT2D eigenvalue weighted by atomic mass is 16.4. The summed E-state index contributed by atoms with van der Waals surface area (Å²) in [6.07, 6.45) is 3.06. The fourth-order valence-electron chi connectivity index (χ4n) is 3.04. The van der Waals surface area contributed by atoms with Crippen LogP contribution in [0.2, 0.25) is 0 Å². The van der Waals surface area contributed by atoms with Gasteiger partial charge in [-0.2, -0.15) is 20.1 Å². The summed E-state index contributed by atoms with van der Waals surface area (Å²) in [5, 5.41) is 26.0. The van der Waals surface area contributed by atoms with Crippen molar-refractivity contribution < 1.29 is 9.90 Å². The van der Waals surface area contributed by atoms with Crippen LogP contribution in [0.4, 0.5) is 17.3 Å². The molecule has 7 N–H and O–H groups in total. The number of nitrogens with two attached hydrogens (primary N) is 3. The van der Waals surface area contributed by atoms with Gasteiger partial charge in [-0.1, -0.05) is 26.8 Å². The predicted molar refractivity (Wildman–Crippen MR) is 129 cm³/mol. The second kappa shape index (κ2) is 9.33. The number of pyridine rings is 1. The van der Waals surface area contributed by atoms with Crippen LogP contribution in [0.1, 0.15) is 42.4 Å². The van der Waals surface area contributed by atoms with Crippen molar-refractivity contribution in [3.63, 3.8) is 0 Å². The van der Waals surface area contributed by atoms with Gasteiger partial charge in [-0.25, -0.2) is 14.5 Å². The molecule has 1 aromatic carbocycles. The minimum Gasteiger partial charge on any atom is -0.478 e. The summed E-state index contributed by atoms with van der Waals surface area (Å²) in [6.45, 7) is 6.01. The molecule has 3 heterocycles. The number of carbonyl (C=O) groups is 1. The van der Waals surface area contributed by atoms with Crippen molar-refractivity contribution in [2.75, 3.05) is 17.2 Å². The van der Waals surface area contributed by atoms with E-state index in [0.717, 1.165) is 5.69 Å². The number of aromatic nitrogens is 5. The normalized spacial score (nSPS) is 10.8. The van der Waals surface area contributed by atoms with Crippen molar-refractivity contribution in [2.45, 2.75) is 26.2 Å². The molecule has 3 aromatic heterocycles. The lowest BCUT2D eigenvalue weighted by molar-refractivity contribution is 0.0697. The van der Waals surface area contributed by atoms with Crippen LogP contribution in [0.5, 0.6) is 0 Å². The van der Waals surface area contributed by atoms with Gasteiger partial charge in [0.2, 0.25) is 0 Å². The van der Waals surface area contributed by atoms with E-state index in [1.807, 2.05) is 32.9 Å². The smallest absolute Gasteiger partial charge is 0.335 e. The minimum absolute atomic E-state index is 0.212. The first-order valence-electron chi connectivity index (χ1n) is 10.2. The van der Waals surface area contributed by atoms with Gasteiger partial charge in [-0.3, -0.25) is 0 Å². The van der Waals surface area contributed by atoms with Gasteiger partial charge in [-0.05, 0) is 36.4 Å². The maximum atomic E-state index is 10.8. The molecule has 11 nitrogen and oxygen atoms in total. The second-order valence-corrected chi connectivity index (χ2v) is 8.32. The molecule has 4 aromatic rings. The second-order valence-electron chi connectivity index (χ2n) is 8.32. The summed E-state index contributed by atoms with van der Waals surface area (Å²) >= 11 is 0. The Bertz CT molecular complexity index is 1340. The molecule has 0 amide bonds. The van der Waals surface area contributed by atoms with Gasteiger partial charge in [0.15, 0.2) is 11.6 Å². The molecule has 0 radical (unpaired) electrons. The predicted octanol–water partition coefficient (Wildman–Crippen LogP) is 2.75. The Balaban J connectivity index is 0.000000202. The number of benzene rings is 1. The van der Waals surface area contributed by atoms with Crippen LogP contribution in [0.3, 0.4) is 0 Å². The SMILES string of the molecule is CC(C)(C)c1nn(-c2ccc(C(=O)O)cc2)c(N)c1N.N#Cc1cnn(-c2ccccn2)c1N. The van der Waals surface area contributed by atoms with E-state index in [4.69, 9.17) is 27.6 Å². The van der Waals surface area contributed by atoms with Crippen molar-refractivity contribution in [1.29, 1.82) is 5.26 Å². The molecule has 0 unspecified atom stereocenters. The summed E-state index contributed by atoms with van der Waals surface area (Å²) in [5.41, 5.74) is 19.9. The molecule has 0 spiro atoms. The Morgan fingerprint density at radius 3 is 2.18 bits per heavy atom. The highest BCUT2D eigenvalue weighted by Gasteiger charge is 2.24. The lowest BCUT2D eigenvalue weighted by Crippen LogP contribution is -2.14. The molecule has 0 saturated carbocycles. The van der Waals surface area contributed by atoms with Gasteiger partial charge >= 0.3 is 5.97 Å². The molecule has 0 aliphatic carbocycles. The topological polar surface area (TPSA) is 188 Å². The van der Waals surface area contributed by atoms with E-state index in [0.29, 0.717) is 34.4 Å². The van der Waals surface area contributed by atoms with Gasteiger partial charge in [0.25, 0.3) is 0 Å². The molecule has 0 bridgehead atoms. The average Bonchev–Trinajstić information content (AvgIpc) is 3.34. The van der Waals surface area contributed by atoms with Crippen LogP contribution < -0.4 is 17.2 Å². The first-order valence-corrected chi connectivity index (χ1v) is 10.2. The lowest BCUT2D eigenvalue weighted by atomic mass is 9.91. The van der Waals surface area contributed by atoms with Gasteiger partial charge in [0, 0.05) is 11.6 Å². The van der Waals surface area contributed by atoms with Gasteiger partial charge in [0.05, 0.1) is 28.8 Å². The molecule has 0 aliphatic heterocycles. The maximum absolute atomic E-state index is 10.8. The number of nitriles is 1. The third-order valence-electron chi connectivity index (χ3n) is 4.82. The molecule has 174 valence electrons. The molecule has 34 heavy (non-hydrogen) atoms. The zero-order valence-electron chi connectivity index (χ0n) is 19.0. The quantitative estimate of drug-likeness (QED) is 0.357. The number of carboxylic acid groups (broad SMARTS) is 1. The Hall–Kier alpha value is -4.85. The average molecular weight is 460 g/mol. The van der Waals surface area contributed by atoms with Gasteiger partial charge in [-0.15, -0.1) is 0 Å². The van der Waals surface area contributed by atoms with Crippen molar-refractivity contribution in [1.82, 2.24) is 24.5 Å². The van der Waals surface area contributed by atoms with E-state index >= 15 is 0 Å². The minimum atomic E-state index is -0.972. The van der Waals surface area contributed by atoms with E-state index in [1.165, 1.54) is 27.7 Å². The highest BCUT2D eigenvalue weighted by Crippen LogP contribution is 2.32. The Morgan fingerprint density at radius 1 is 1.03 bits per heavy atom.